The molecule has 0 aromatic carbocycles. The van der Waals surface area contributed by atoms with Crippen molar-refractivity contribution in [1.82, 2.24) is 20.2 Å². The van der Waals surface area contributed by atoms with E-state index in [2.05, 4.69) is 25.1 Å². The van der Waals surface area contributed by atoms with Crippen LogP contribution in [0.25, 0.3) is 0 Å². The highest BCUT2D eigenvalue weighted by Gasteiger charge is 2.14. The van der Waals surface area contributed by atoms with Crippen molar-refractivity contribution in [2.45, 2.75) is 6.42 Å². The molecular formula is C14H23N5O2. The summed E-state index contributed by atoms with van der Waals surface area (Å²) in [5.74, 6) is 0.532. The molecule has 0 bridgehead atoms. The molecule has 116 valence electrons. The summed E-state index contributed by atoms with van der Waals surface area (Å²) in [6.45, 7) is 4.57. The number of nitrogens with one attached hydrogen (secondary N) is 1. The van der Waals surface area contributed by atoms with Gasteiger partial charge in [0.15, 0.2) is 0 Å². The fourth-order valence-electron chi connectivity index (χ4n) is 2.06. The van der Waals surface area contributed by atoms with Crippen molar-refractivity contribution in [2.75, 3.05) is 58.4 Å². The third-order valence-electron chi connectivity index (χ3n) is 3.26. The molecule has 1 aromatic rings. The lowest BCUT2D eigenvalue weighted by atomic mass is 10.3. The summed E-state index contributed by atoms with van der Waals surface area (Å²) in [6, 6.07) is 0. The average molecular weight is 293 g/mol. The Morgan fingerprint density at radius 3 is 2.62 bits per heavy atom. The maximum Gasteiger partial charge on any atom is 0.254 e. The summed E-state index contributed by atoms with van der Waals surface area (Å²) in [7, 11) is 4.03. The molecule has 2 rings (SSSR count). The van der Waals surface area contributed by atoms with Gasteiger partial charge in [0.2, 0.25) is 5.95 Å². The zero-order valence-corrected chi connectivity index (χ0v) is 12.7. The molecule has 1 amide bonds. The highest BCUT2D eigenvalue weighted by molar-refractivity contribution is 5.93. The van der Waals surface area contributed by atoms with Crippen LogP contribution in [-0.2, 0) is 4.74 Å². The van der Waals surface area contributed by atoms with Crippen molar-refractivity contribution in [3.8, 4) is 0 Å². The molecule has 7 nitrogen and oxygen atoms in total. The number of amides is 1. The zero-order valence-electron chi connectivity index (χ0n) is 12.7. The number of rotatable bonds is 6. The minimum atomic E-state index is -0.123. The van der Waals surface area contributed by atoms with E-state index in [0.29, 0.717) is 31.3 Å². The fourth-order valence-corrected chi connectivity index (χ4v) is 2.06. The lowest BCUT2D eigenvalue weighted by Gasteiger charge is -2.26. The van der Waals surface area contributed by atoms with Crippen molar-refractivity contribution in [2.24, 2.45) is 0 Å². The number of hydrogen-bond acceptors (Lipinski definition) is 6. The van der Waals surface area contributed by atoms with Gasteiger partial charge >= 0.3 is 0 Å². The van der Waals surface area contributed by atoms with Crippen LogP contribution >= 0.6 is 0 Å². The maximum atomic E-state index is 11.9. The third-order valence-corrected chi connectivity index (χ3v) is 3.26. The first kappa shape index (κ1) is 15.7. The van der Waals surface area contributed by atoms with Gasteiger partial charge in [-0.15, -0.1) is 0 Å². The zero-order chi connectivity index (χ0) is 15.1. The fraction of sp³-hybridized carbons (Fsp3) is 0.643. The van der Waals surface area contributed by atoms with E-state index in [9.17, 15) is 4.79 Å². The number of nitrogens with zero attached hydrogens (tertiary/aromatic N) is 4. The van der Waals surface area contributed by atoms with Crippen LogP contribution in [0, 0.1) is 0 Å². The molecule has 0 aliphatic carbocycles. The van der Waals surface area contributed by atoms with E-state index in [4.69, 9.17) is 4.74 Å². The van der Waals surface area contributed by atoms with E-state index in [-0.39, 0.29) is 5.91 Å². The SMILES string of the molecule is CN(C)CCCNC(=O)c1cnc(N2CCOCC2)nc1. The minimum Gasteiger partial charge on any atom is -0.378 e. The molecule has 1 saturated heterocycles. The number of hydrogen-bond donors (Lipinski definition) is 1. The van der Waals surface area contributed by atoms with Gasteiger partial charge in [-0.25, -0.2) is 9.97 Å². The van der Waals surface area contributed by atoms with Crippen molar-refractivity contribution >= 4 is 11.9 Å². The van der Waals surface area contributed by atoms with E-state index in [1.807, 2.05) is 14.1 Å². The molecule has 1 aromatic heterocycles. The normalized spacial score (nSPS) is 15.3. The molecule has 0 atom stereocenters. The first-order valence-corrected chi connectivity index (χ1v) is 7.24. The van der Waals surface area contributed by atoms with Gasteiger partial charge in [0.25, 0.3) is 5.91 Å². The Morgan fingerprint density at radius 1 is 1.33 bits per heavy atom. The van der Waals surface area contributed by atoms with Gasteiger partial charge in [-0.1, -0.05) is 0 Å². The lowest BCUT2D eigenvalue weighted by molar-refractivity contribution is 0.0951. The van der Waals surface area contributed by atoms with E-state index < -0.39 is 0 Å². The summed E-state index contributed by atoms with van der Waals surface area (Å²) in [5, 5.41) is 2.87. The topological polar surface area (TPSA) is 70.6 Å². The molecule has 1 aliphatic heterocycles. The maximum absolute atomic E-state index is 11.9. The summed E-state index contributed by atoms with van der Waals surface area (Å²) < 4.78 is 5.29. The van der Waals surface area contributed by atoms with Crippen LogP contribution in [0.3, 0.4) is 0 Å². The van der Waals surface area contributed by atoms with E-state index >= 15 is 0 Å². The van der Waals surface area contributed by atoms with Gasteiger partial charge in [0, 0.05) is 32.0 Å². The Balaban J connectivity index is 1.82. The van der Waals surface area contributed by atoms with E-state index in [1.54, 1.807) is 12.4 Å². The number of morpholine rings is 1. The quantitative estimate of drug-likeness (QED) is 0.744. The first-order chi connectivity index (χ1) is 10.2. The summed E-state index contributed by atoms with van der Waals surface area (Å²) in [4.78, 5) is 24.6. The molecule has 7 heteroatoms. The van der Waals surface area contributed by atoms with E-state index in [0.717, 1.165) is 26.1 Å². The molecule has 21 heavy (non-hydrogen) atoms. The van der Waals surface area contributed by atoms with Crippen LogP contribution in [0.15, 0.2) is 12.4 Å². The third kappa shape index (κ3) is 4.95. The Labute approximate surface area is 125 Å². The summed E-state index contributed by atoms with van der Waals surface area (Å²) in [5.41, 5.74) is 0.497. The molecule has 1 N–H and O–H groups in total. The molecule has 1 fully saturated rings. The predicted molar refractivity (Wildman–Crippen MR) is 80.6 cm³/mol. The molecule has 0 unspecified atom stereocenters. The van der Waals surface area contributed by atoms with Crippen LogP contribution in [0.5, 0.6) is 0 Å². The van der Waals surface area contributed by atoms with Gasteiger partial charge in [0.1, 0.15) is 0 Å². The molecule has 2 heterocycles. The van der Waals surface area contributed by atoms with Crippen molar-refractivity contribution in [3.63, 3.8) is 0 Å². The molecule has 0 spiro atoms. The van der Waals surface area contributed by atoms with E-state index in [1.165, 1.54) is 0 Å². The lowest BCUT2D eigenvalue weighted by Crippen LogP contribution is -2.37. The van der Waals surface area contributed by atoms with Gasteiger partial charge in [-0.05, 0) is 27.1 Å². The Bertz CT molecular complexity index is 443. The van der Waals surface area contributed by atoms with Gasteiger partial charge < -0.3 is 19.9 Å². The number of aromatic nitrogens is 2. The number of carbonyl (C=O) groups is 1. The van der Waals surface area contributed by atoms with Crippen LogP contribution < -0.4 is 10.2 Å². The standard InChI is InChI=1S/C14H23N5O2/c1-18(2)5-3-4-15-13(20)12-10-16-14(17-11-12)19-6-8-21-9-7-19/h10-11H,3-9H2,1-2H3,(H,15,20). The number of anilines is 1. The average Bonchev–Trinajstić information content (AvgIpc) is 2.52. The smallest absolute Gasteiger partial charge is 0.254 e. The van der Waals surface area contributed by atoms with Crippen LogP contribution in [0.1, 0.15) is 16.8 Å². The Hall–Kier alpha value is -1.73. The molecule has 0 radical (unpaired) electrons. The van der Waals surface area contributed by atoms with Gasteiger partial charge in [-0.2, -0.15) is 0 Å². The van der Waals surface area contributed by atoms with Gasteiger partial charge in [0.05, 0.1) is 18.8 Å². The second-order valence-electron chi connectivity index (χ2n) is 5.28. The highest BCUT2D eigenvalue weighted by Crippen LogP contribution is 2.09. The molecule has 1 aliphatic rings. The van der Waals surface area contributed by atoms with Crippen molar-refractivity contribution < 1.29 is 9.53 Å². The van der Waals surface area contributed by atoms with Gasteiger partial charge in [-0.3, -0.25) is 4.79 Å². The predicted octanol–water partition coefficient (Wildman–Crippen LogP) is -0.00530. The van der Waals surface area contributed by atoms with Crippen LogP contribution in [0.4, 0.5) is 5.95 Å². The highest BCUT2D eigenvalue weighted by atomic mass is 16.5. The second-order valence-corrected chi connectivity index (χ2v) is 5.28. The first-order valence-electron chi connectivity index (χ1n) is 7.24. The largest absolute Gasteiger partial charge is 0.378 e. The number of carbonyl (C=O) groups excluding carboxylic acids is 1. The Kier molecular flexibility index (Phi) is 5.89. The number of ether oxygens (including phenoxy) is 1. The molecular weight excluding hydrogens is 270 g/mol. The molecule has 0 saturated carbocycles. The minimum absolute atomic E-state index is 0.123. The van der Waals surface area contributed by atoms with Crippen LogP contribution in [-0.4, -0.2) is 74.3 Å². The summed E-state index contributed by atoms with van der Waals surface area (Å²) >= 11 is 0. The Morgan fingerprint density at radius 2 is 2.00 bits per heavy atom. The van der Waals surface area contributed by atoms with Crippen molar-refractivity contribution in [1.29, 1.82) is 0 Å². The van der Waals surface area contributed by atoms with Crippen molar-refractivity contribution in [3.05, 3.63) is 18.0 Å². The van der Waals surface area contributed by atoms with Crippen LogP contribution in [0.2, 0.25) is 0 Å². The summed E-state index contributed by atoms with van der Waals surface area (Å²) in [6.07, 6.45) is 4.09. The monoisotopic (exact) mass is 293 g/mol. The second kappa shape index (κ2) is 7.90.